The van der Waals surface area contributed by atoms with E-state index in [0.29, 0.717) is 11.4 Å². The summed E-state index contributed by atoms with van der Waals surface area (Å²) in [5.74, 6) is -1.68. The number of carbonyl (C=O) groups is 2. The Kier molecular flexibility index (Phi) is 6.13. The highest BCUT2D eigenvalue weighted by atomic mass is 16.6. The summed E-state index contributed by atoms with van der Waals surface area (Å²) in [6.07, 6.45) is 1.30. The Hall–Kier alpha value is -3.33. The molecule has 1 aromatic heterocycles. The van der Waals surface area contributed by atoms with Crippen molar-refractivity contribution in [3.05, 3.63) is 64.5 Å². The van der Waals surface area contributed by atoms with Crippen LogP contribution in [0.15, 0.2) is 48.7 Å². The van der Waals surface area contributed by atoms with Gasteiger partial charge >= 0.3 is 5.97 Å². The van der Waals surface area contributed by atoms with Gasteiger partial charge < -0.3 is 10.4 Å². The molecule has 9 heteroatoms. The fourth-order valence-electron chi connectivity index (χ4n) is 2.04. The van der Waals surface area contributed by atoms with E-state index in [1.165, 1.54) is 24.3 Å². The number of carboxylic acids is 1. The van der Waals surface area contributed by atoms with Gasteiger partial charge in [0, 0.05) is 30.6 Å². The fourth-order valence-corrected chi connectivity index (χ4v) is 2.04. The van der Waals surface area contributed by atoms with E-state index < -0.39 is 22.8 Å². The molecule has 1 unspecified atom stereocenters. The van der Waals surface area contributed by atoms with Gasteiger partial charge in [0.15, 0.2) is 0 Å². The molecule has 0 saturated heterocycles. The molecular weight excluding hydrogens is 328 g/mol. The zero-order valence-corrected chi connectivity index (χ0v) is 13.1. The molecule has 0 saturated carbocycles. The molecule has 0 radical (unpaired) electrons. The van der Waals surface area contributed by atoms with Gasteiger partial charge in [0.2, 0.25) is 5.91 Å². The molecule has 0 aliphatic rings. The highest BCUT2D eigenvalue weighted by Crippen LogP contribution is 2.15. The van der Waals surface area contributed by atoms with E-state index in [4.69, 9.17) is 0 Å². The number of non-ortho nitro benzene ring substituents is 1. The van der Waals surface area contributed by atoms with Crippen molar-refractivity contribution >= 4 is 23.3 Å². The van der Waals surface area contributed by atoms with Crippen molar-refractivity contribution in [1.82, 2.24) is 10.3 Å². The molecule has 2 aromatic rings. The Bertz CT molecular complexity index is 749. The van der Waals surface area contributed by atoms with Crippen LogP contribution >= 0.6 is 0 Å². The summed E-state index contributed by atoms with van der Waals surface area (Å²) >= 11 is 0. The van der Waals surface area contributed by atoms with Crippen LogP contribution in [0.25, 0.3) is 0 Å². The maximum Gasteiger partial charge on any atom is 0.321 e. The largest absolute Gasteiger partial charge is 0.480 e. The van der Waals surface area contributed by atoms with Crippen molar-refractivity contribution in [3.8, 4) is 0 Å². The third-order valence-corrected chi connectivity index (χ3v) is 3.31. The lowest BCUT2D eigenvalue weighted by Gasteiger charge is -2.14. The van der Waals surface area contributed by atoms with Crippen LogP contribution in [0.2, 0.25) is 0 Å². The highest BCUT2D eigenvalue weighted by Gasteiger charge is 2.21. The van der Waals surface area contributed by atoms with E-state index in [1.807, 2.05) is 0 Å². The molecule has 0 aliphatic heterocycles. The van der Waals surface area contributed by atoms with Crippen LogP contribution in [0, 0.1) is 10.1 Å². The van der Waals surface area contributed by atoms with Crippen molar-refractivity contribution in [2.75, 3.05) is 5.32 Å². The van der Waals surface area contributed by atoms with Crippen LogP contribution in [-0.4, -0.2) is 32.9 Å². The minimum atomic E-state index is -1.16. The Morgan fingerprint density at radius 1 is 1.20 bits per heavy atom. The number of anilines is 1. The zero-order chi connectivity index (χ0) is 18.2. The van der Waals surface area contributed by atoms with Crippen molar-refractivity contribution < 1.29 is 19.6 Å². The second-order valence-corrected chi connectivity index (χ2v) is 5.15. The number of aliphatic carboxylic acids is 1. The number of nitrogens with one attached hydrogen (secondary N) is 2. The molecule has 0 spiro atoms. The second-order valence-electron chi connectivity index (χ2n) is 5.15. The van der Waals surface area contributed by atoms with Crippen molar-refractivity contribution in [2.45, 2.75) is 19.0 Å². The number of carboxylic acid groups (broad SMARTS) is 1. The van der Waals surface area contributed by atoms with Gasteiger partial charge in [0.25, 0.3) is 5.69 Å². The molecule has 0 bridgehead atoms. The maximum absolute atomic E-state index is 12.0. The number of nitro benzene ring substituents is 1. The molecule has 1 atom stereocenters. The Morgan fingerprint density at radius 2 is 1.92 bits per heavy atom. The maximum atomic E-state index is 12.0. The molecule has 130 valence electrons. The molecule has 0 aliphatic carbocycles. The molecule has 0 fully saturated rings. The van der Waals surface area contributed by atoms with E-state index in [0.717, 1.165) is 0 Å². The molecule has 25 heavy (non-hydrogen) atoms. The lowest BCUT2D eigenvalue weighted by atomic mass is 10.2. The van der Waals surface area contributed by atoms with E-state index in [2.05, 4.69) is 15.6 Å². The predicted octanol–water partition coefficient (Wildman–Crippen LogP) is 1.56. The summed E-state index contributed by atoms with van der Waals surface area (Å²) in [6.45, 7) is 0.211. The number of pyridine rings is 1. The van der Waals surface area contributed by atoms with Crippen LogP contribution in [-0.2, 0) is 16.1 Å². The molecular formula is C16H16N4O5. The summed E-state index contributed by atoms with van der Waals surface area (Å²) in [7, 11) is 0. The van der Waals surface area contributed by atoms with E-state index >= 15 is 0 Å². The lowest BCUT2D eigenvalue weighted by Crippen LogP contribution is -2.39. The average molecular weight is 344 g/mol. The van der Waals surface area contributed by atoms with Crippen LogP contribution in [0.3, 0.4) is 0 Å². The number of benzene rings is 1. The first kappa shape index (κ1) is 18.0. The fraction of sp³-hybridized carbons (Fsp3) is 0.188. The minimum absolute atomic E-state index is 0.0987. The van der Waals surface area contributed by atoms with Gasteiger partial charge in [-0.3, -0.25) is 30.0 Å². The van der Waals surface area contributed by atoms with Crippen LogP contribution in [0.5, 0.6) is 0 Å². The third kappa shape index (κ3) is 5.66. The second kappa shape index (κ2) is 8.50. The van der Waals surface area contributed by atoms with Gasteiger partial charge in [-0.1, -0.05) is 6.07 Å². The normalized spacial score (nSPS) is 11.5. The first-order valence-electron chi connectivity index (χ1n) is 7.36. The monoisotopic (exact) mass is 344 g/mol. The van der Waals surface area contributed by atoms with Gasteiger partial charge in [-0.15, -0.1) is 0 Å². The van der Waals surface area contributed by atoms with Gasteiger partial charge in [0.05, 0.1) is 17.0 Å². The van der Waals surface area contributed by atoms with Gasteiger partial charge in [-0.25, -0.2) is 0 Å². The Balaban J connectivity index is 1.91. The quantitative estimate of drug-likeness (QED) is 0.488. The van der Waals surface area contributed by atoms with E-state index in [-0.39, 0.29) is 18.7 Å². The SMILES string of the molecule is O=C(CC(NCc1ccccn1)C(=O)O)Nc1ccc([N+](=O)[O-])cc1. The summed E-state index contributed by atoms with van der Waals surface area (Å²) in [5.41, 5.74) is 0.910. The molecule has 1 amide bonds. The molecule has 3 N–H and O–H groups in total. The Labute approximate surface area is 142 Å². The minimum Gasteiger partial charge on any atom is -0.480 e. The molecule has 1 heterocycles. The number of hydrogen-bond donors (Lipinski definition) is 3. The summed E-state index contributed by atoms with van der Waals surface area (Å²) in [6, 6.07) is 9.45. The number of rotatable bonds is 8. The van der Waals surface area contributed by atoms with Crippen LogP contribution < -0.4 is 10.6 Å². The molecule has 1 aromatic carbocycles. The number of amides is 1. The first-order chi connectivity index (χ1) is 12.0. The number of nitrogens with zero attached hydrogens (tertiary/aromatic N) is 2. The molecule has 9 nitrogen and oxygen atoms in total. The lowest BCUT2D eigenvalue weighted by molar-refractivity contribution is -0.384. The smallest absolute Gasteiger partial charge is 0.321 e. The summed E-state index contributed by atoms with van der Waals surface area (Å²) in [5, 5.41) is 25.1. The third-order valence-electron chi connectivity index (χ3n) is 3.31. The average Bonchev–Trinajstić information content (AvgIpc) is 2.59. The van der Waals surface area contributed by atoms with Gasteiger partial charge in [-0.05, 0) is 24.3 Å². The van der Waals surface area contributed by atoms with Crippen LogP contribution in [0.1, 0.15) is 12.1 Å². The van der Waals surface area contributed by atoms with E-state index in [9.17, 15) is 24.8 Å². The number of carbonyl (C=O) groups excluding carboxylic acids is 1. The highest BCUT2D eigenvalue weighted by molar-refractivity contribution is 5.94. The standard InChI is InChI=1S/C16H16N4O5/c21-15(19-11-4-6-13(7-5-11)20(24)25)9-14(16(22)23)18-10-12-3-1-2-8-17-12/h1-8,14,18H,9-10H2,(H,19,21)(H,22,23). The predicted molar refractivity (Wildman–Crippen MR) is 88.8 cm³/mol. The molecule has 2 rings (SSSR count). The topological polar surface area (TPSA) is 134 Å². The van der Waals surface area contributed by atoms with E-state index in [1.54, 1.807) is 24.4 Å². The number of nitro groups is 1. The number of aromatic nitrogens is 1. The summed E-state index contributed by atoms with van der Waals surface area (Å²) in [4.78, 5) is 37.4. The van der Waals surface area contributed by atoms with Crippen molar-refractivity contribution in [2.24, 2.45) is 0 Å². The van der Waals surface area contributed by atoms with Gasteiger partial charge in [0.1, 0.15) is 6.04 Å². The number of hydrogen-bond acceptors (Lipinski definition) is 6. The van der Waals surface area contributed by atoms with Crippen molar-refractivity contribution in [1.29, 1.82) is 0 Å². The summed E-state index contributed by atoms with van der Waals surface area (Å²) < 4.78 is 0. The van der Waals surface area contributed by atoms with Crippen molar-refractivity contribution in [3.63, 3.8) is 0 Å². The first-order valence-corrected chi connectivity index (χ1v) is 7.36. The van der Waals surface area contributed by atoms with Crippen LogP contribution in [0.4, 0.5) is 11.4 Å². The zero-order valence-electron chi connectivity index (χ0n) is 13.1. The Morgan fingerprint density at radius 3 is 2.48 bits per heavy atom. The van der Waals surface area contributed by atoms with Gasteiger partial charge in [-0.2, -0.15) is 0 Å².